The summed E-state index contributed by atoms with van der Waals surface area (Å²) in [5, 5.41) is 14.0. The first-order valence-electron chi connectivity index (χ1n) is 9.27. The number of hydrogen-bond acceptors (Lipinski definition) is 8. The van der Waals surface area contributed by atoms with Crippen molar-refractivity contribution in [2.45, 2.75) is 18.2 Å². The molecule has 0 saturated heterocycles. The van der Waals surface area contributed by atoms with Crippen LogP contribution in [0.2, 0.25) is 0 Å². The molecule has 0 fully saturated rings. The fourth-order valence-corrected chi connectivity index (χ4v) is 4.21. The number of hydrogen-bond donors (Lipinski definition) is 2. The van der Waals surface area contributed by atoms with Crippen LogP contribution < -0.4 is 20.1 Å². The van der Waals surface area contributed by atoms with E-state index >= 15 is 0 Å². The molecule has 8 nitrogen and oxygen atoms in total. The number of nitrogens with one attached hydrogen (secondary N) is 2. The molecule has 0 aliphatic heterocycles. The van der Waals surface area contributed by atoms with Crippen LogP contribution in [0.25, 0.3) is 0 Å². The van der Waals surface area contributed by atoms with Gasteiger partial charge in [-0.3, -0.25) is 14.9 Å². The molecule has 31 heavy (non-hydrogen) atoms. The Hall–Kier alpha value is -3.11. The van der Waals surface area contributed by atoms with Crippen LogP contribution >= 0.6 is 23.1 Å². The maximum absolute atomic E-state index is 12.5. The Morgan fingerprint density at radius 2 is 1.81 bits per heavy atom. The third-order valence-electron chi connectivity index (χ3n) is 4.48. The van der Waals surface area contributed by atoms with Gasteiger partial charge in [0.2, 0.25) is 11.0 Å². The van der Waals surface area contributed by atoms with Gasteiger partial charge >= 0.3 is 0 Å². The average Bonchev–Trinajstić information content (AvgIpc) is 3.22. The summed E-state index contributed by atoms with van der Waals surface area (Å²) in [5.74, 6) is 0.698. The number of benzene rings is 2. The second-order valence-electron chi connectivity index (χ2n) is 6.48. The van der Waals surface area contributed by atoms with E-state index in [-0.39, 0.29) is 17.6 Å². The van der Waals surface area contributed by atoms with Crippen LogP contribution in [0.5, 0.6) is 11.5 Å². The molecule has 162 valence electrons. The summed E-state index contributed by atoms with van der Waals surface area (Å²) < 4.78 is 11.0. The van der Waals surface area contributed by atoms with E-state index in [1.807, 2.05) is 32.0 Å². The van der Waals surface area contributed by atoms with Gasteiger partial charge in [-0.15, -0.1) is 10.2 Å². The molecule has 0 unspecified atom stereocenters. The number of carbonyl (C=O) groups is 2. The molecule has 2 aromatic carbocycles. The molecule has 3 rings (SSSR count). The lowest BCUT2D eigenvalue weighted by atomic mass is 10.1. The molecule has 0 radical (unpaired) electrons. The Morgan fingerprint density at radius 1 is 1.03 bits per heavy atom. The molecule has 0 atom stereocenters. The van der Waals surface area contributed by atoms with Crippen molar-refractivity contribution in [3.8, 4) is 11.5 Å². The zero-order chi connectivity index (χ0) is 22.4. The lowest BCUT2D eigenvalue weighted by molar-refractivity contribution is -0.113. The number of anilines is 2. The minimum Gasteiger partial charge on any atom is -0.493 e. The highest BCUT2D eigenvalue weighted by molar-refractivity contribution is 8.01. The van der Waals surface area contributed by atoms with Crippen LogP contribution in [0.15, 0.2) is 40.7 Å². The van der Waals surface area contributed by atoms with Crippen LogP contribution in [-0.4, -0.2) is 42.0 Å². The predicted molar refractivity (Wildman–Crippen MR) is 123 cm³/mol. The largest absolute Gasteiger partial charge is 0.493 e. The highest BCUT2D eigenvalue weighted by Crippen LogP contribution is 2.29. The Bertz CT molecular complexity index is 1100. The molecule has 0 aliphatic carbocycles. The van der Waals surface area contributed by atoms with Crippen molar-refractivity contribution >= 4 is 45.7 Å². The van der Waals surface area contributed by atoms with Crippen molar-refractivity contribution < 1.29 is 19.1 Å². The van der Waals surface area contributed by atoms with Crippen LogP contribution in [0.4, 0.5) is 10.8 Å². The summed E-state index contributed by atoms with van der Waals surface area (Å²) in [7, 11) is 3.03. The van der Waals surface area contributed by atoms with Gasteiger partial charge in [0.05, 0.1) is 20.0 Å². The second kappa shape index (κ2) is 10.3. The van der Waals surface area contributed by atoms with Gasteiger partial charge in [0.1, 0.15) is 0 Å². The zero-order valence-electron chi connectivity index (χ0n) is 17.5. The Balaban J connectivity index is 1.56. The van der Waals surface area contributed by atoms with Crippen molar-refractivity contribution in [3.63, 3.8) is 0 Å². The number of thioether (sulfide) groups is 1. The number of amides is 2. The molecular formula is C21H22N4O4S2. The van der Waals surface area contributed by atoms with E-state index in [9.17, 15) is 9.59 Å². The van der Waals surface area contributed by atoms with E-state index in [1.54, 1.807) is 18.2 Å². The predicted octanol–water partition coefficient (Wildman–Crippen LogP) is 4.16. The fraction of sp³-hybridized carbons (Fsp3) is 0.238. The lowest BCUT2D eigenvalue weighted by Crippen LogP contribution is -2.15. The molecule has 3 aromatic rings. The van der Waals surface area contributed by atoms with Crippen LogP contribution in [0.3, 0.4) is 0 Å². The van der Waals surface area contributed by atoms with Crippen molar-refractivity contribution in [3.05, 3.63) is 53.1 Å². The van der Waals surface area contributed by atoms with Gasteiger partial charge in [-0.1, -0.05) is 35.2 Å². The molecule has 0 bridgehead atoms. The maximum Gasteiger partial charge on any atom is 0.257 e. The smallest absolute Gasteiger partial charge is 0.257 e. The Kier molecular flexibility index (Phi) is 7.48. The molecular weight excluding hydrogens is 436 g/mol. The van der Waals surface area contributed by atoms with E-state index in [4.69, 9.17) is 9.47 Å². The number of ether oxygens (including phenoxy) is 2. The summed E-state index contributed by atoms with van der Waals surface area (Å²) >= 11 is 2.46. The lowest BCUT2D eigenvalue weighted by Gasteiger charge is -2.09. The summed E-state index contributed by atoms with van der Waals surface area (Å²) in [6.45, 7) is 3.97. The van der Waals surface area contributed by atoms with Gasteiger partial charge in [-0.25, -0.2) is 0 Å². The minimum absolute atomic E-state index is 0.134. The summed E-state index contributed by atoms with van der Waals surface area (Å²) in [4.78, 5) is 24.7. The van der Waals surface area contributed by atoms with Crippen molar-refractivity contribution in [2.24, 2.45) is 0 Å². The number of carbonyl (C=O) groups excluding carboxylic acids is 2. The molecule has 10 heteroatoms. The normalized spacial score (nSPS) is 10.5. The molecule has 0 spiro atoms. The first-order chi connectivity index (χ1) is 14.9. The first-order valence-corrected chi connectivity index (χ1v) is 11.1. The number of methoxy groups -OCH3 is 2. The average molecular weight is 459 g/mol. The topological polar surface area (TPSA) is 102 Å². The molecule has 0 aliphatic rings. The Labute approximate surface area is 188 Å². The van der Waals surface area contributed by atoms with Gasteiger partial charge < -0.3 is 14.8 Å². The quantitative estimate of drug-likeness (QED) is 0.386. The molecule has 2 amide bonds. The number of aryl methyl sites for hydroxylation is 1. The summed E-state index contributed by atoms with van der Waals surface area (Å²) in [5.41, 5.74) is 3.35. The molecule has 0 saturated carbocycles. The van der Waals surface area contributed by atoms with Crippen LogP contribution in [0, 0.1) is 13.8 Å². The van der Waals surface area contributed by atoms with Gasteiger partial charge in [-0.2, -0.15) is 0 Å². The third-order valence-corrected chi connectivity index (χ3v) is 6.45. The van der Waals surface area contributed by atoms with Gasteiger partial charge in [0.25, 0.3) is 5.91 Å². The zero-order valence-corrected chi connectivity index (χ0v) is 19.1. The number of aromatic nitrogens is 2. The van der Waals surface area contributed by atoms with Gasteiger partial charge in [0, 0.05) is 11.3 Å². The molecule has 1 aromatic heterocycles. The maximum atomic E-state index is 12.5. The molecule has 1 heterocycles. The SMILES string of the molecule is COc1ccc(C(=O)Nc2nnc(SCC(=O)Nc3cccc(C)c3C)s2)cc1OC. The number of rotatable bonds is 8. The van der Waals surface area contributed by atoms with Crippen molar-refractivity contribution in [2.75, 3.05) is 30.6 Å². The van der Waals surface area contributed by atoms with Crippen LogP contribution in [-0.2, 0) is 4.79 Å². The summed E-state index contributed by atoms with van der Waals surface area (Å²) in [6.07, 6.45) is 0. The third kappa shape index (κ3) is 5.74. The monoisotopic (exact) mass is 458 g/mol. The van der Waals surface area contributed by atoms with E-state index in [2.05, 4.69) is 20.8 Å². The van der Waals surface area contributed by atoms with E-state index in [0.29, 0.717) is 26.5 Å². The second-order valence-corrected chi connectivity index (χ2v) is 8.68. The number of nitrogens with zero attached hydrogens (tertiary/aromatic N) is 2. The summed E-state index contributed by atoms with van der Waals surface area (Å²) in [6, 6.07) is 10.6. The van der Waals surface area contributed by atoms with E-state index < -0.39 is 0 Å². The van der Waals surface area contributed by atoms with Crippen molar-refractivity contribution in [1.29, 1.82) is 0 Å². The standard InChI is InChI=1S/C21H22N4O4S2/c1-12-6-5-7-15(13(12)2)22-18(26)11-30-21-25-24-20(31-21)23-19(27)14-8-9-16(28-3)17(10-14)29-4/h5-10H,11H2,1-4H3,(H,22,26)(H,23,24,27). The highest BCUT2D eigenvalue weighted by Gasteiger charge is 2.14. The van der Waals surface area contributed by atoms with Crippen molar-refractivity contribution in [1.82, 2.24) is 10.2 Å². The van der Waals surface area contributed by atoms with E-state index in [1.165, 1.54) is 37.3 Å². The van der Waals surface area contributed by atoms with Gasteiger partial charge in [-0.05, 0) is 49.2 Å². The van der Waals surface area contributed by atoms with Crippen LogP contribution in [0.1, 0.15) is 21.5 Å². The van der Waals surface area contributed by atoms with Gasteiger partial charge in [0.15, 0.2) is 15.8 Å². The minimum atomic E-state index is -0.346. The highest BCUT2D eigenvalue weighted by atomic mass is 32.2. The van der Waals surface area contributed by atoms with E-state index in [0.717, 1.165) is 16.8 Å². The molecule has 2 N–H and O–H groups in total. The fourth-order valence-electron chi connectivity index (χ4n) is 2.67. The first kappa shape index (κ1) is 22.6. The Morgan fingerprint density at radius 3 is 2.55 bits per heavy atom.